The number of likely N-dealkylation sites (tertiary alicyclic amines) is 1. The molecule has 23 heavy (non-hydrogen) atoms. The smallest absolute Gasteiger partial charge is 0.253 e. The second-order valence-corrected chi connectivity index (χ2v) is 6.51. The summed E-state index contributed by atoms with van der Waals surface area (Å²) in [6.45, 7) is 0.967. The van der Waals surface area contributed by atoms with Gasteiger partial charge in [-0.2, -0.15) is 0 Å². The van der Waals surface area contributed by atoms with Crippen LogP contribution in [-0.4, -0.2) is 29.8 Å². The van der Waals surface area contributed by atoms with Crippen LogP contribution in [0.2, 0.25) is 5.02 Å². The summed E-state index contributed by atoms with van der Waals surface area (Å²) >= 11 is 5.97. The lowest BCUT2D eigenvalue weighted by atomic mass is 9.81. The molecule has 0 aromatic heterocycles. The molecule has 0 saturated carbocycles. The van der Waals surface area contributed by atoms with E-state index in [4.69, 9.17) is 11.6 Å². The Bertz CT molecular complexity index is 820. The molecule has 2 aromatic rings. The minimum absolute atomic E-state index is 0.0138. The SMILES string of the molecule is O=C(c1cccc(Cl)c1)N1CCC2(C1)C(=O)Nc1ccccc12. The van der Waals surface area contributed by atoms with Gasteiger partial charge in [0.2, 0.25) is 5.91 Å². The maximum absolute atomic E-state index is 12.7. The van der Waals surface area contributed by atoms with Crippen molar-refractivity contribution in [2.24, 2.45) is 0 Å². The number of rotatable bonds is 1. The van der Waals surface area contributed by atoms with E-state index in [0.29, 0.717) is 30.1 Å². The van der Waals surface area contributed by atoms with Gasteiger partial charge in [-0.1, -0.05) is 35.9 Å². The number of benzene rings is 2. The predicted molar refractivity (Wildman–Crippen MR) is 88.7 cm³/mol. The molecule has 4 nitrogen and oxygen atoms in total. The Balaban J connectivity index is 1.65. The first kappa shape index (κ1) is 14.3. The highest BCUT2D eigenvalue weighted by Crippen LogP contribution is 2.44. The minimum Gasteiger partial charge on any atom is -0.337 e. The van der Waals surface area contributed by atoms with Crippen molar-refractivity contribution in [3.05, 3.63) is 64.7 Å². The van der Waals surface area contributed by atoms with Crippen LogP contribution in [0.1, 0.15) is 22.3 Å². The molecule has 0 bridgehead atoms. The van der Waals surface area contributed by atoms with Crippen molar-refractivity contribution in [1.82, 2.24) is 4.90 Å². The monoisotopic (exact) mass is 326 g/mol. The molecule has 5 heteroatoms. The predicted octanol–water partition coefficient (Wildman–Crippen LogP) is 3.08. The van der Waals surface area contributed by atoms with Crippen molar-refractivity contribution in [3.8, 4) is 0 Å². The van der Waals surface area contributed by atoms with Crippen molar-refractivity contribution < 1.29 is 9.59 Å². The summed E-state index contributed by atoms with van der Waals surface area (Å²) in [5, 5.41) is 3.48. The average Bonchev–Trinajstić information content (AvgIpc) is 3.11. The average molecular weight is 327 g/mol. The Kier molecular flexibility index (Phi) is 3.16. The Hall–Kier alpha value is -2.33. The molecule has 1 N–H and O–H groups in total. The zero-order valence-corrected chi connectivity index (χ0v) is 13.1. The summed E-state index contributed by atoms with van der Waals surface area (Å²) in [5.74, 6) is -0.0957. The van der Waals surface area contributed by atoms with E-state index in [1.807, 2.05) is 24.3 Å². The topological polar surface area (TPSA) is 49.4 Å². The number of hydrogen-bond donors (Lipinski definition) is 1. The standard InChI is InChI=1S/C18H15ClN2O2/c19-13-5-3-4-12(10-13)16(22)21-9-8-18(11-21)14-6-1-2-7-15(14)20-17(18)23/h1-7,10H,8-9,11H2,(H,20,23). The van der Waals surface area contributed by atoms with Crippen LogP contribution in [-0.2, 0) is 10.2 Å². The molecule has 0 radical (unpaired) electrons. The highest BCUT2D eigenvalue weighted by atomic mass is 35.5. The van der Waals surface area contributed by atoms with E-state index in [-0.39, 0.29) is 11.8 Å². The third kappa shape index (κ3) is 2.13. The van der Waals surface area contributed by atoms with E-state index in [9.17, 15) is 9.59 Å². The number of carbonyl (C=O) groups excluding carboxylic acids is 2. The number of fused-ring (bicyclic) bond motifs is 2. The molecular weight excluding hydrogens is 312 g/mol. The van der Waals surface area contributed by atoms with E-state index >= 15 is 0 Å². The Morgan fingerprint density at radius 2 is 2.00 bits per heavy atom. The maximum Gasteiger partial charge on any atom is 0.253 e. The summed E-state index contributed by atoms with van der Waals surface area (Å²) in [5.41, 5.74) is 1.78. The molecule has 2 heterocycles. The Morgan fingerprint density at radius 3 is 2.83 bits per heavy atom. The number of nitrogens with zero attached hydrogens (tertiary/aromatic N) is 1. The fourth-order valence-corrected chi connectivity index (χ4v) is 3.76. The fraction of sp³-hybridized carbons (Fsp3) is 0.222. The van der Waals surface area contributed by atoms with Gasteiger partial charge in [0, 0.05) is 29.4 Å². The minimum atomic E-state index is -0.620. The summed E-state index contributed by atoms with van der Waals surface area (Å²) in [7, 11) is 0. The second kappa shape index (κ2) is 5.10. The second-order valence-electron chi connectivity index (χ2n) is 6.07. The van der Waals surface area contributed by atoms with Gasteiger partial charge in [-0.05, 0) is 36.2 Å². The quantitative estimate of drug-likeness (QED) is 0.875. The molecule has 1 saturated heterocycles. The molecule has 116 valence electrons. The first-order valence-electron chi connectivity index (χ1n) is 7.56. The third-order valence-electron chi connectivity index (χ3n) is 4.75. The van der Waals surface area contributed by atoms with Gasteiger partial charge in [-0.15, -0.1) is 0 Å². The third-order valence-corrected chi connectivity index (χ3v) is 4.99. The van der Waals surface area contributed by atoms with Crippen molar-refractivity contribution in [2.45, 2.75) is 11.8 Å². The number of hydrogen-bond acceptors (Lipinski definition) is 2. The molecular formula is C18H15ClN2O2. The lowest BCUT2D eigenvalue weighted by molar-refractivity contribution is -0.120. The van der Waals surface area contributed by atoms with Gasteiger partial charge in [0.25, 0.3) is 5.91 Å². The van der Waals surface area contributed by atoms with Crippen molar-refractivity contribution >= 4 is 29.1 Å². The van der Waals surface area contributed by atoms with Crippen LogP contribution in [0.15, 0.2) is 48.5 Å². The molecule has 2 aliphatic heterocycles. The lowest BCUT2D eigenvalue weighted by Gasteiger charge is -2.22. The van der Waals surface area contributed by atoms with Crippen molar-refractivity contribution in [1.29, 1.82) is 0 Å². The summed E-state index contributed by atoms with van der Waals surface area (Å²) < 4.78 is 0. The van der Waals surface area contributed by atoms with Crippen LogP contribution < -0.4 is 5.32 Å². The van der Waals surface area contributed by atoms with E-state index in [0.717, 1.165) is 11.3 Å². The number of carbonyl (C=O) groups is 2. The van der Waals surface area contributed by atoms with Crippen LogP contribution in [0.5, 0.6) is 0 Å². The Morgan fingerprint density at radius 1 is 1.17 bits per heavy atom. The Labute approximate surface area is 139 Å². The molecule has 1 unspecified atom stereocenters. The lowest BCUT2D eigenvalue weighted by Crippen LogP contribution is -2.39. The fourth-order valence-electron chi connectivity index (χ4n) is 3.57. The molecule has 2 aliphatic rings. The highest BCUT2D eigenvalue weighted by Gasteiger charge is 2.51. The van der Waals surface area contributed by atoms with Gasteiger partial charge in [0.05, 0.1) is 5.41 Å². The number of nitrogens with one attached hydrogen (secondary N) is 1. The van der Waals surface area contributed by atoms with E-state index < -0.39 is 5.41 Å². The number of amides is 2. The maximum atomic E-state index is 12.7. The van der Waals surface area contributed by atoms with Crippen LogP contribution in [0.25, 0.3) is 0 Å². The van der Waals surface area contributed by atoms with Gasteiger partial charge in [-0.25, -0.2) is 0 Å². The van der Waals surface area contributed by atoms with Gasteiger partial charge in [0.1, 0.15) is 0 Å². The number of anilines is 1. The van der Waals surface area contributed by atoms with Crippen molar-refractivity contribution in [2.75, 3.05) is 18.4 Å². The van der Waals surface area contributed by atoms with Gasteiger partial charge in [-0.3, -0.25) is 9.59 Å². The zero-order valence-electron chi connectivity index (χ0n) is 12.4. The highest BCUT2D eigenvalue weighted by molar-refractivity contribution is 6.31. The molecule has 2 amide bonds. The zero-order chi connectivity index (χ0) is 16.0. The first-order valence-corrected chi connectivity index (χ1v) is 7.94. The molecule has 2 aromatic carbocycles. The molecule has 1 atom stereocenters. The number of halogens is 1. The van der Waals surface area contributed by atoms with Crippen LogP contribution in [0.3, 0.4) is 0 Å². The van der Waals surface area contributed by atoms with E-state index in [1.165, 1.54) is 0 Å². The molecule has 1 fully saturated rings. The molecule has 1 spiro atoms. The summed E-state index contributed by atoms with van der Waals surface area (Å²) in [4.78, 5) is 27.0. The van der Waals surface area contributed by atoms with Crippen LogP contribution in [0.4, 0.5) is 5.69 Å². The van der Waals surface area contributed by atoms with Crippen LogP contribution >= 0.6 is 11.6 Å². The van der Waals surface area contributed by atoms with E-state index in [2.05, 4.69) is 5.32 Å². The van der Waals surface area contributed by atoms with Crippen LogP contribution in [0, 0.1) is 0 Å². The summed E-state index contributed by atoms with van der Waals surface area (Å²) in [6, 6.07) is 14.6. The molecule has 4 rings (SSSR count). The van der Waals surface area contributed by atoms with Gasteiger partial charge >= 0.3 is 0 Å². The largest absolute Gasteiger partial charge is 0.337 e. The van der Waals surface area contributed by atoms with Crippen molar-refractivity contribution in [3.63, 3.8) is 0 Å². The molecule has 0 aliphatic carbocycles. The van der Waals surface area contributed by atoms with E-state index in [1.54, 1.807) is 29.2 Å². The van der Waals surface area contributed by atoms with Gasteiger partial charge < -0.3 is 10.2 Å². The normalized spacial score (nSPS) is 22.3. The van der Waals surface area contributed by atoms with Gasteiger partial charge in [0.15, 0.2) is 0 Å². The first-order chi connectivity index (χ1) is 11.1. The number of para-hydroxylation sites is 1. The summed E-state index contributed by atoms with van der Waals surface area (Å²) in [6.07, 6.45) is 0.641.